The molecular formula is C23H25N3O2S2. The minimum atomic E-state index is -0.559. The highest BCUT2D eigenvalue weighted by Crippen LogP contribution is 2.29. The first-order valence-corrected chi connectivity index (χ1v) is 11.9. The molecule has 1 aliphatic heterocycles. The molecule has 3 aromatic rings. The molecule has 0 radical (unpaired) electrons. The number of thiazole rings is 1. The van der Waals surface area contributed by atoms with Crippen LogP contribution in [0.2, 0.25) is 0 Å². The number of amides is 2. The van der Waals surface area contributed by atoms with Crippen LogP contribution in [0.1, 0.15) is 40.8 Å². The van der Waals surface area contributed by atoms with E-state index >= 15 is 0 Å². The molecule has 156 valence electrons. The Morgan fingerprint density at radius 1 is 1.20 bits per heavy atom. The molecule has 1 unspecified atom stereocenters. The average molecular weight is 440 g/mol. The van der Waals surface area contributed by atoms with E-state index in [1.165, 1.54) is 4.88 Å². The van der Waals surface area contributed by atoms with E-state index in [1.54, 1.807) is 27.6 Å². The van der Waals surface area contributed by atoms with Crippen molar-refractivity contribution in [1.29, 1.82) is 0 Å². The summed E-state index contributed by atoms with van der Waals surface area (Å²) < 4.78 is 0. The predicted octanol–water partition coefficient (Wildman–Crippen LogP) is 4.59. The summed E-state index contributed by atoms with van der Waals surface area (Å²) in [5, 5.41) is 6.20. The van der Waals surface area contributed by atoms with E-state index < -0.39 is 6.04 Å². The zero-order chi connectivity index (χ0) is 20.9. The van der Waals surface area contributed by atoms with Crippen LogP contribution in [0.25, 0.3) is 10.6 Å². The predicted molar refractivity (Wildman–Crippen MR) is 122 cm³/mol. The fourth-order valence-corrected chi connectivity index (χ4v) is 5.40. The van der Waals surface area contributed by atoms with Gasteiger partial charge in [-0.25, -0.2) is 4.98 Å². The van der Waals surface area contributed by atoms with E-state index in [-0.39, 0.29) is 11.8 Å². The molecule has 1 aromatic carbocycles. The molecule has 1 fully saturated rings. The minimum absolute atomic E-state index is 0.0618. The molecule has 0 spiro atoms. The van der Waals surface area contributed by atoms with Crippen molar-refractivity contribution in [1.82, 2.24) is 15.2 Å². The number of piperidine rings is 1. The Morgan fingerprint density at radius 3 is 2.77 bits per heavy atom. The molecular weight excluding hydrogens is 414 g/mol. The van der Waals surface area contributed by atoms with Crippen LogP contribution in [0.4, 0.5) is 0 Å². The van der Waals surface area contributed by atoms with E-state index in [0.29, 0.717) is 19.5 Å². The van der Waals surface area contributed by atoms with Gasteiger partial charge in [-0.05, 0) is 43.9 Å². The summed E-state index contributed by atoms with van der Waals surface area (Å²) in [6.45, 7) is 3.18. The summed E-state index contributed by atoms with van der Waals surface area (Å²) >= 11 is 3.36. The molecule has 3 heterocycles. The standard InChI is InChI=1S/C23H25N3O2S2/c1-16-25-19(15-29-16)20-11-10-18(30-20)12-13-24-23(28)22(17-7-3-2-4-8-17)26-14-6-5-9-21(26)27/h2-4,7-8,10-11,15,22H,5-6,9,12-14H2,1H3,(H,24,28). The van der Waals surface area contributed by atoms with Crippen molar-refractivity contribution in [3.63, 3.8) is 0 Å². The zero-order valence-electron chi connectivity index (χ0n) is 17.0. The number of nitrogens with one attached hydrogen (secondary N) is 1. The van der Waals surface area contributed by atoms with Crippen LogP contribution in [0, 0.1) is 6.92 Å². The van der Waals surface area contributed by atoms with Crippen LogP contribution in [-0.2, 0) is 16.0 Å². The van der Waals surface area contributed by atoms with Gasteiger partial charge in [0.1, 0.15) is 6.04 Å². The summed E-state index contributed by atoms with van der Waals surface area (Å²) in [5.74, 6) is -0.0462. The fraction of sp³-hybridized carbons (Fsp3) is 0.348. The van der Waals surface area contributed by atoms with Gasteiger partial charge in [-0.3, -0.25) is 9.59 Å². The zero-order valence-corrected chi connectivity index (χ0v) is 18.6. The molecule has 5 nitrogen and oxygen atoms in total. The minimum Gasteiger partial charge on any atom is -0.354 e. The van der Waals surface area contributed by atoms with Gasteiger partial charge in [-0.2, -0.15) is 0 Å². The molecule has 1 N–H and O–H groups in total. The Morgan fingerprint density at radius 2 is 2.03 bits per heavy atom. The highest BCUT2D eigenvalue weighted by molar-refractivity contribution is 7.16. The molecule has 4 rings (SSSR count). The first kappa shape index (κ1) is 20.8. The van der Waals surface area contributed by atoms with Gasteiger partial charge >= 0.3 is 0 Å². The molecule has 0 saturated carbocycles. The lowest BCUT2D eigenvalue weighted by atomic mass is 10.0. The van der Waals surface area contributed by atoms with Crippen molar-refractivity contribution >= 4 is 34.5 Å². The Bertz CT molecular complexity index is 1010. The van der Waals surface area contributed by atoms with Crippen molar-refractivity contribution in [2.45, 2.75) is 38.6 Å². The average Bonchev–Trinajstić information content (AvgIpc) is 3.39. The summed E-state index contributed by atoms with van der Waals surface area (Å²) in [7, 11) is 0. The fourth-order valence-electron chi connectivity index (χ4n) is 3.74. The van der Waals surface area contributed by atoms with Gasteiger partial charge < -0.3 is 10.2 Å². The number of hydrogen-bond donors (Lipinski definition) is 1. The molecule has 1 atom stereocenters. The smallest absolute Gasteiger partial charge is 0.247 e. The van der Waals surface area contributed by atoms with Crippen LogP contribution >= 0.6 is 22.7 Å². The van der Waals surface area contributed by atoms with Crippen LogP contribution < -0.4 is 5.32 Å². The third-order valence-electron chi connectivity index (χ3n) is 5.24. The van der Waals surface area contributed by atoms with Crippen molar-refractivity contribution < 1.29 is 9.59 Å². The third-order valence-corrected chi connectivity index (χ3v) is 7.18. The molecule has 0 aliphatic carbocycles. The van der Waals surface area contributed by atoms with E-state index in [0.717, 1.165) is 40.4 Å². The van der Waals surface area contributed by atoms with Gasteiger partial charge in [0.15, 0.2) is 0 Å². The number of nitrogens with zero attached hydrogens (tertiary/aromatic N) is 2. The van der Waals surface area contributed by atoms with Gasteiger partial charge in [-0.15, -0.1) is 22.7 Å². The van der Waals surface area contributed by atoms with Gasteiger partial charge in [0.25, 0.3) is 0 Å². The second-order valence-corrected chi connectivity index (χ2v) is 9.65. The van der Waals surface area contributed by atoms with Gasteiger partial charge in [0.05, 0.1) is 15.6 Å². The summed E-state index contributed by atoms with van der Waals surface area (Å²) in [4.78, 5) is 34.2. The number of aryl methyl sites for hydroxylation is 1. The van der Waals surface area contributed by atoms with E-state index in [2.05, 4.69) is 27.8 Å². The topological polar surface area (TPSA) is 62.3 Å². The number of benzene rings is 1. The Labute approximate surface area is 184 Å². The van der Waals surface area contributed by atoms with Gasteiger partial charge in [0, 0.05) is 29.8 Å². The van der Waals surface area contributed by atoms with Crippen molar-refractivity contribution in [3.8, 4) is 10.6 Å². The maximum atomic E-state index is 13.1. The highest BCUT2D eigenvalue weighted by Gasteiger charge is 2.32. The summed E-state index contributed by atoms with van der Waals surface area (Å²) in [6.07, 6.45) is 3.12. The SMILES string of the molecule is Cc1nc(-c2ccc(CCNC(=O)C(c3ccccc3)N3CCCCC3=O)s2)cs1. The molecule has 1 saturated heterocycles. The number of rotatable bonds is 7. The number of carbonyl (C=O) groups excluding carboxylic acids is 2. The monoisotopic (exact) mass is 439 g/mol. The molecule has 7 heteroatoms. The van der Waals surface area contributed by atoms with Gasteiger partial charge in [-0.1, -0.05) is 30.3 Å². The van der Waals surface area contributed by atoms with Crippen LogP contribution in [0.3, 0.4) is 0 Å². The number of thiophene rings is 1. The van der Waals surface area contributed by atoms with E-state index in [4.69, 9.17) is 0 Å². The first-order chi connectivity index (χ1) is 14.6. The van der Waals surface area contributed by atoms with Crippen molar-refractivity contribution in [2.24, 2.45) is 0 Å². The maximum absolute atomic E-state index is 13.1. The van der Waals surface area contributed by atoms with Crippen LogP contribution in [0.5, 0.6) is 0 Å². The van der Waals surface area contributed by atoms with Crippen LogP contribution in [-0.4, -0.2) is 34.8 Å². The number of aromatic nitrogens is 1. The second kappa shape index (κ2) is 9.53. The molecule has 0 bridgehead atoms. The number of likely N-dealkylation sites (tertiary alicyclic amines) is 1. The summed E-state index contributed by atoms with van der Waals surface area (Å²) in [5.41, 5.74) is 1.88. The number of hydrogen-bond acceptors (Lipinski definition) is 5. The molecule has 30 heavy (non-hydrogen) atoms. The quantitative estimate of drug-likeness (QED) is 0.586. The Hall–Kier alpha value is -2.51. The van der Waals surface area contributed by atoms with Crippen LogP contribution in [0.15, 0.2) is 47.8 Å². The maximum Gasteiger partial charge on any atom is 0.247 e. The lowest BCUT2D eigenvalue weighted by Crippen LogP contribution is -2.46. The first-order valence-electron chi connectivity index (χ1n) is 10.2. The number of carbonyl (C=O) groups is 2. The largest absolute Gasteiger partial charge is 0.354 e. The highest BCUT2D eigenvalue weighted by atomic mass is 32.1. The van der Waals surface area contributed by atoms with Gasteiger partial charge in [0.2, 0.25) is 11.8 Å². The molecule has 1 aliphatic rings. The third kappa shape index (κ3) is 4.79. The Kier molecular flexibility index (Phi) is 6.59. The summed E-state index contributed by atoms with van der Waals surface area (Å²) in [6, 6.07) is 13.2. The lowest BCUT2D eigenvalue weighted by Gasteiger charge is -2.34. The molecule has 2 amide bonds. The second-order valence-electron chi connectivity index (χ2n) is 7.42. The normalized spacial score (nSPS) is 15.2. The van der Waals surface area contributed by atoms with Crippen molar-refractivity contribution in [3.05, 3.63) is 63.3 Å². The van der Waals surface area contributed by atoms with Crippen molar-refractivity contribution in [2.75, 3.05) is 13.1 Å². The molecule has 2 aromatic heterocycles. The van der Waals surface area contributed by atoms with E-state index in [9.17, 15) is 9.59 Å². The Balaban J connectivity index is 1.40. The lowest BCUT2D eigenvalue weighted by molar-refractivity contribution is -0.142. The van der Waals surface area contributed by atoms with E-state index in [1.807, 2.05) is 37.3 Å².